The van der Waals surface area contributed by atoms with Crippen LogP contribution in [-0.2, 0) is 14.6 Å². The molecule has 0 atom stereocenters. The van der Waals surface area contributed by atoms with Crippen LogP contribution in [0.2, 0.25) is 0 Å². The second-order valence-corrected chi connectivity index (χ2v) is 6.95. The second-order valence-electron chi connectivity index (χ2n) is 4.81. The van der Waals surface area contributed by atoms with E-state index in [0.717, 1.165) is 32.2 Å². The highest BCUT2D eigenvalue weighted by Gasteiger charge is 2.17. The Morgan fingerprint density at radius 3 is 2.84 bits per heavy atom. The van der Waals surface area contributed by atoms with Crippen molar-refractivity contribution in [3.8, 4) is 0 Å². The predicted molar refractivity (Wildman–Crippen MR) is 71.7 cm³/mol. The Balaban J connectivity index is 1.95. The van der Waals surface area contributed by atoms with Gasteiger partial charge in [0.25, 0.3) is 0 Å². The molecule has 0 aliphatic carbocycles. The van der Waals surface area contributed by atoms with E-state index >= 15 is 0 Å². The Hall–Kier alpha value is -1.41. The van der Waals surface area contributed by atoms with Crippen LogP contribution in [0.25, 0.3) is 0 Å². The lowest BCUT2D eigenvalue weighted by Gasteiger charge is -2.22. The van der Waals surface area contributed by atoms with Gasteiger partial charge in [0.1, 0.15) is 5.75 Å². The molecule has 1 saturated heterocycles. The van der Waals surface area contributed by atoms with Crippen molar-refractivity contribution in [2.24, 2.45) is 0 Å². The molecule has 1 fully saturated rings. The summed E-state index contributed by atoms with van der Waals surface area (Å²) in [7, 11) is -3.30. The van der Waals surface area contributed by atoms with Crippen molar-refractivity contribution in [3.05, 3.63) is 12.4 Å². The molecule has 7 nitrogen and oxygen atoms in total. The third-order valence-electron chi connectivity index (χ3n) is 2.96. The summed E-state index contributed by atoms with van der Waals surface area (Å²) >= 11 is 0. The summed E-state index contributed by atoms with van der Waals surface area (Å²) in [6, 6.07) is 0.335. The maximum absolute atomic E-state index is 11.5. The Bertz CT molecular complexity index is 546. The van der Waals surface area contributed by atoms with Gasteiger partial charge in [0, 0.05) is 12.5 Å². The highest BCUT2D eigenvalue weighted by Crippen LogP contribution is 2.19. The number of carbonyl (C=O) groups excluding carboxylic acids is 1. The zero-order valence-corrected chi connectivity index (χ0v) is 11.6. The van der Waals surface area contributed by atoms with Gasteiger partial charge in [-0.3, -0.25) is 9.48 Å². The lowest BCUT2D eigenvalue weighted by molar-refractivity contribution is -0.113. The molecule has 1 aromatic rings. The Labute approximate surface area is 112 Å². The molecule has 1 aliphatic heterocycles. The van der Waals surface area contributed by atoms with Gasteiger partial charge in [0.05, 0.1) is 17.9 Å². The third-order valence-corrected chi connectivity index (χ3v) is 3.75. The molecular formula is C11H18N4O3S. The van der Waals surface area contributed by atoms with Crippen LogP contribution >= 0.6 is 0 Å². The van der Waals surface area contributed by atoms with Crippen LogP contribution < -0.4 is 10.6 Å². The zero-order valence-electron chi connectivity index (χ0n) is 10.8. The molecule has 2 rings (SSSR count). The van der Waals surface area contributed by atoms with Crippen molar-refractivity contribution < 1.29 is 13.2 Å². The summed E-state index contributed by atoms with van der Waals surface area (Å²) in [5.74, 6) is -1.04. The molecule has 8 heteroatoms. The summed E-state index contributed by atoms with van der Waals surface area (Å²) < 4.78 is 23.8. The normalized spacial score (nSPS) is 17.3. The van der Waals surface area contributed by atoms with Crippen LogP contribution in [0, 0.1) is 0 Å². The number of piperidine rings is 1. The summed E-state index contributed by atoms with van der Waals surface area (Å²) in [4.78, 5) is 11.5. The lowest BCUT2D eigenvalue weighted by atomic mass is 10.1. The van der Waals surface area contributed by atoms with Gasteiger partial charge in [-0.2, -0.15) is 5.10 Å². The Morgan fingerprint density at radius 1 is 1.53 bits per heavy atom. The van der Waals surface area contributed by atoms with E-state index in [9.17, 15) is 13.2 Å². The minimum Gasteiger partial charge on any atom is -0.323 e. The van der Waals surface area contributed by atoms with Crippen molar-refractivity contribution in [3.63, 3.8) is 0 Å². The largest absolute Gasteiger partial charge is 0.323 e. The fraction of sp³-hybridized carbons (Fsp3) is 0.636. The SMILES string of the molecule is CS(=O)(=O)CC(=O)Nc1cnn(C2CCNCC2)c1. The molecule has 1 amide bonds. The smallest absolute Gasteiger partial charge is 0.239 e. The third kappa shape index (κ3) is 4.32. The van der Waals surface area contributed by atoms with E-state index < -0.39 is 21.5 Å². The maximum Gasteiger partial charge on any atom is 0.239 e. The number of nitrogens with zero attached hydrogens (tertiary/aromatic N) is 2. The van der Waals surface area contributed by atoms with E-state index in [1.807, 2.05) is 4.68 Å². The van der Waals surface area contributed by atoms with Crippen molar-refractivity contribution in [2.75, 3.05) is 30.4 Å². The first kappa shape index (κ1) is 14.0. The highest BCUT2D eigenvalue weighted by molar-refractivity contribution is 7.91. The molecule has 19 heavy (non-hydrogen) atoms. The number of aromatic nitrogens is 2. The molecule has 0 radical (unpaired) electrons. The number of nitrogens with one attached hydrogen (secondary N) is 2. The molecule has 0 unspecified atom stereocenters. The van der Waals surface area contributed by atoms with Gasteiger partial charge in [-0.05, 0) is 25.9 Å². The van der Waals surface area contributed by atoms with Gasteiger partial charge in [0.2, 0.25) is 5.91 Å². The first-order chi connectivity index (χ1) is 8.94. The Kier molecular flexibility index (Phi) is 4.20. The van der Waals surface area contributed by atoms with E-state index in [4.69, 9.17) is 0 Å². The van der Waals surface area contributed by atoms with Gasteiger partial charge in [-0.1, -0.05) is 0 Å². The van der Waals surface area contributed by atoms with Crippen molar-refractivity contribution in [1.29, 1.82) is 0 Å². The lowest BCUT2D eigenvalue weighted by Crippen LogP contribution is -2.29. The van der Waals surface area contributed by atoms with Crippen LogP contribution in [0.5, 0.6) is 0 Å². The first-order valence-electron chi connectivity index (χ1n) is 6.16. The van der Waals surface area contributed by atoms with Gasteiger partial charge < -0.3 is 10.6 Å². The van der Waals surface area contributed by atoms with Crippen LogP contribution in [-0.4, -0.2) is 49.2 Å². The average Bonchev–Trinajstić information content (AvgIpc) is 2.76. The summed E-state index contributed by atoms with van der Waals surface area (Å²) in [6.45, 7) is 1.92. The zero-order chi connectivity index (χ0) is 13.9. The molecule has 1 aromatic heterocycles. The average molecular weight is 286 g/mol. The fourth-order valence-electron chi connectivity index (χ4n) is 2.11. The van der Waals surface area contributed by atoms with Crippen molar-refractivity contribution in [2.45, 2.75) is 18.9 Å². The number of rotatable bonds is 4. The molecule has 0 spiro atoms. The standard InChI is InChI=1S/C11H18N4O3S/c1-19(17,18)8-11(16)14-9-6-13-15(7-9)10-2-4-12-5-3-10/h6-7,10,12H,2-5,8H2,1H3,(H,14,16). The fourth-order valence-corrected chi connectivity index (χ4v) is 2.66. The number of hydrogen-bond acceptors (Lipinski definition) is 5. The second kappa shape index (κ2) is 5.70. The minimum atomic E-state index is -3.30. The minimum absolute atomic E-state index is 0.335. The van der Waals surface area contributed by atoms with E-state index in [-0.39, 0.29) is 0 Å². The molecule has 2 N–H and O–H groups in total. The van der Waals surface area contributed by atoms with Crippen LogP contribution in [0.15, 0.2) is 12.4 Å². The number of carbonyl (C=O) groups is 1. The molecule has 1 aliphatic rings. The number of sulfone groups is 1. The number of hydrogen-bond donors (Lipinski definition) is 2. The van der Waals surface area contributed by atoms with E-state index in [1.54, 1.807) is 12.4 Å². The number of amides is 1. The molecule has 0 aromatic carbocycles. The topological polar surface area (TPSA) is 93.1 Å². The maximum atomic E-state index is 11.5. The molecule has 106 valence electrons. The van der Waals surface area contributed by atoms with Crippen molar-refractivity contribution >= 4 is 21.4 Å². The number of anilines is 1. The molecule has 2 heterocycles. The Morgan fingerprint density at radius 2 is 2.21 bits per heavy atom. The van der Waals surface area contributed by atoms with Gasteiger partial charge >= 0.3 is 0 Å². The van der Waals surface area contributed by atoms with E-state index in [2.05, 4.69) is 15.7 Å². The van der Waals surface area contributed by atoms with E-state index in [0.29, 0.717) is 11.7 Å². The van der Waals surface area contributed by atoms with E-state index in [1.165, 1.54) is 0 Å². The van der Waals surface area contributed by atoms with Crippen LogP contribution in [0.4, 0.5) is 5.69 Å². The predicted octanol–water partition coefficient (Wildman–Crippen LogP) is -0.209. The molecule has 0 saturated carbocycles. The quantitative estimate of drug-likeness (QED) is 0.799. The van der Waals surface area contributed by atoms with Gasteiger partial charge in [-0.15, -0.1) is 0 Å². The monoisotopic (exact) mass is 286 g/mol. The highest BCUT2D eigenvalue weighted by atomic mass is 32.2. The molecular weight excluding hydrogens is 268 g/mol. The summed E-state index contributed by atoms with van der Waals surface area (Å²) in [5.41, 5.74) is 0.534. The summed E-state index contributed by atoms with van der Waals surface area (Å²) in [6.07, 6.45) is 6.32. The van der Waals surface area contributed by atoms with Gasteiger partial charge in [-0.25, -0.2) is 8.42 Å². The van der Waals surface area contributed by atoms with Gasteiger partial charge in [0.15, 0.2) is 9.84 Å². The van der Waals surface area contributed by atoms with Crippen LogP contribution in [0.1, 0.15) is 18.9 Å². The summed E-state index contributed by atoms with van der Waals surface area (Å²) in [5, 5.41) is 10.0. The molecule has 0 bridgehead atoms. The van der Waals surface area contributed by atoms with Crippen LogP contribution in [0.3, 0.4) is 0 Å². The van der Waals surface area contributed by atoms with Crippen molar-refractivity contribution in [1.82, 2.24) is 15.1 Å². The first-order valence-corrected chi connectivity index (χ1v) is 8.22.